The predicted molar refractivity (Wildman–Crippen MR) is 147 cm³/mol. The van der Waals surface area contributed by atoms with Crippen LogP contribution >= 0.6 is 0 Å². The zero-order valence-electron chi connectivity index (χ0n) is 24.6. The SMILES string of the molecule is C[C@H]1CC[C@@]2(OC1)O[C@H]1C[C@H]3[C@@H]4CC[C@@H]5C[C@@H](OC(=O)N6CCCCC6)CC[C@]5(C)[C@H]4CC[C@]3(C)[C@H]1[C@@H]2C. The van der Waals surface area contributed by atoms with E-state index >= 15 is 0 Å². The fourth-order valence-electron chi connectivity index (χ4n) is 11.6. The highest BCUT2D eigenvalue weighted by molar-refractivity contribution is 5.67. The van der Waals surface area contributed by atoms with Crippen LogP contribution in [0.15, 0.2) is 0 Å². The Morgan fingerprint density at radius 2 is 1.66 bits per heavy atom. The van der Waals surface area contributed by atoms with Crippen LogP contribution in [0.2, 0.25) is 0 Å². The van der Waals surface area contributed by atoms with Crippen molar-refractivity contribution in [3.8, 4) is 0 Å². The van der Waals surface area contributed by atoms with Gasteiger partial charge in [-0.2, -0.15) is 0 Å². The van der Waals surface area contributed by atoms with Gasteiger partial charge in [0, 0.05) is 25.4 Å². The molecule has 1 amide bonds. The van der Waals surface area contributed by atoms with Gasteiger partial charge in [-0.1, -0.05) is 27.7 Å². The van der Waals surface area contributed by atoms with E-state index in [0.29, 0.717) is 40.6 Å². The molecular formula is C33H53NO4. The molecule has 3 aliphatic heterocycles. The summed E-state index contributed by atoms with van der Waals surface area (Å²) in [6.45, 7) is 12.7. The second-order valence-electron chi connectivity index (χ2n) is 15.5. The molecule has 0 unspecified atom stereocenters. The average Bonchev–Trinajstić information content (AvgIpc) is 3.36. The lowest BCUT2D eigenvalue weighted by Gasteiger charge is -2.61. The monoisotopic (exact) mass is 527 g/mol. The highest BCUT2D eigenvalue weighted by Crippen LogP contribution is 2.71. The summed E-state index contributed by atoms with van der Waals surface area (Å²) in [4.78, 5) is 14.8. The summed E-state index contributed by atoms with van der Waals surface area (Å²) in [5.41, 5.74) is 0.803. The molecule has 7 aliphatic rings. The smallest absolute Gasteiger partial charge is 0.410 e. The molecule has 3 heterocycles. The van der Waals surface area contributed by atoms with Gasteiger partial charge in [-0.15, -0.1) is 0 Å². The average molecular weight is 528 g/mol. The van der Waals surface area contributed by atoms with E-state index in [9.17, 15) is 4.79 Å². The summed E-state index contributed by atoms with van der Waals surface area (Å²) in [7, 11) is 0. The van der Waals surface area contributed by atoms with Gasteiger partial charge in [0.2, 0.25) is 0 Å². The van der Waals surface area contributed by atoms with E-state index in [0.717, 1.165) is 69.6 Å². The lowest BCUT2D eigenvalue weighted by molar-refractivity contribution is -0.273. The summed E-state index contributed by atoms with van der Waals surface area (Å²) in [6, 6.07) is 0. The van der Waals surface area contributed by atoms with Crippen molar-refractivity contribution in [1.29, 1.82) is 0 Å². The normalized spacial score (nSPS) is 54.1. The van der Waals surface area contributed by atoms with Gasteiger partial charge in [0.15, 0.2) is 5.79 Å². The molecule has 0 aromatic rings. The second-order valence-corrected chi connectivity index (χ2v) is 15.5. The van der Waals surface area contributed by atoms with Crippen LogP contribution in [0.4, 0.5) is 4.79 Å². The minimum absolute atomic E-state index is 0.0405. The van der Waals surface area contributed by atoms with E-state index < -0.39 is 0 Å². The summed E-state index contributed by atoms with van der Waals surface area (Å²) >= 11 is 0. The van der Waals surface area contributed by atoms with Crippen LogP contribution in [-0.2, 0) is 14.2 Å². The van der Waals surface area contributed by atoms with E-state index in [1.807, 2.05) is 4.90 Å². The van der Waals surface area contributed by atoms with E-state index in [-0.39, 0.29) is 18.0 Å². The number of rotatable bonds is 1. The minimum Gasteiger partial charge on any atom is -0.446 e. The lowest BCUT2D eigenvalue weighted by Crippen LogP contribution is -2.55. The molecule has 7 fully saturated rings. The maximum Gasteiger partial charge on any atom is 0.410 e. The molecule has 0 bridgehead atoms. The third-order valence-electron chi connectivity index (χ3n) is 13.8. The molecule has 0 aromatic carbocycles. The number of fused-ring (bicyclic) bond motifs is 7. The molecule has 4 aliphatic carbocycles. The zero-order valence-corrected chi connectivity index (χ0v) is 24.6. The quantitative estimate of drug-likeness (QED) is 0.356. The molecule has 214 valence electrons. The number of nitrogens with zero attached hydrogens (tertiary/aromatic N) is 1. The van der Waals surface area contributed by atoms with Crippen LogP contribution in [-0.4, -0.2) is 48.7 Å². The van der Waals surface area contributed by atoms with Gasteiger partial charge in [-0.3, -0.25) is 0 Å². The maximum atomic E-state index is 12.8. The number of likely N-dealkylation sites (tertiary alicyclic amines) is 1. The fourth-order valence-corrected chi connectivity index (χ4v) is 11.6. The van der Waals surface area contributed by atoms with Crippen molar-refractivity contribution < 1.29 is 19.0 Å². The first-order chi connectivity index (χ1) is 18.2. The van der Waals surface area contributed by atoms with Gasteiger partial charge in [-0.25, -0.2) is 4.79 Å². The first-order valence-electron chi connectivity index (χ1n) is 16.5. The van der Waals surface area contributed by atoms with E-state index in [1.165, 1.54) is 51.4 Å². The van der Waals surface area contributed by atoms with E-state index in [2.05, 4.69) is 27.7 Å². The van der Waals surface area contributed by atoms with Gasteiger partial charge < -0.3 is 19.1 Å². The van der Waals surface area contributed by atoms with Gasteiger partial charge in [-0.05, 0) is 123 Å². The first-order valence-corrected chi connectivity index (χ1v) is 16.5. The van der Waals surface area contributed by atoms with Crippen LogP contribution in [0.5, 0.6) is 0 Å². The molecule has 1 spiro atoms. The zero-order chi connectivity index (χ0) is 26.3. The Bertz CT molecular complexity index is 909. The summed E-state index contributed by atoms with van der Waals surface area (Å²) in [6.07, 6.45) is 16.4. The predicted octanol–water partition coefficient (Wildman–Crippen LogP) is 7.42. The van der Waals surface area contributed by atoms with Crippen molar-refractivity contribution >= 4 is 6.09 Å². The van der Waals surface area contributed by atoms with Crippen LogP contribution in [0.3, 0.4) is 0 Å². The lowest BCUT2D eigenvalue weighted by atomic mass is 9.44. The number of carbonyl (C=O) groups is 1. The Morgan fingerprint density at radius 3 is 2.42 bits per heavy atom. The Morgan fingerprint density at radius 1 is 0.868 bits per heavy atom. The number of hydrogen-bond acceptors (Lipinski definition) is 4. The number of carbonyl (C=O) groups excluding carboxylic acids is 1. The van der Waals surface area contributed by atoms with Crippen LogP contribution in [0.25, 0.3) is 0 Å². The van der Waals surface area contributed by atoms with Crippen LogP contribution in [0, 0.1) is 52.3 Å². The van der Waals surface area contributed by atoms with Crippen molar-refractivity contribution in [1.82, 2.24) is 4.90 Å². The molecular weight excluding hydrogens is 474 g/mol. The number of piperidine rings is 1. The molecule has 5 nitrogen and oxygen atoms in total. The van der Waals surface area contributed by atoms with Crippen molar-refractivity contribution in [3.63, 3.8) is 0 Å². The first kappa shape index (κ1) is 26.1. The Hall–Kier alpha value is -0.810. The molecule has 0 radical (unpaired) electrons. The van der Waals surface area contributed by atoms with Crippen LogP contribution in [0.1, 0.15) is 111 Å². The maximum absolute atomic E-state index is 12.8. The number of hydrogen-bond donors (Lipinski definition) is 0. The second kappa shape index (κ2) is 9.36. The van der Waals surface area contributed by atoms with Gasteiger partial charge in [0.25, 0.3) is 0 Å². The summed E-state index contributed by atoms with van der Waals surface area (Å²) < 4.78 is 19.6. The molecule has 0 N–H and O–H groups in total. The van der Waals surface area contributed by atoms with E-state index in [1.54, 1.807) is 0 Å². The standard InChI is InChI=1S/C33H53NO4/c1-21-10-15-33(36-20-21)22(2)29-28(38-33)19-27-25-9-8-23-18-24(37-30(35)34-16-6-5-7-17-34)11-13-31(23,3)26(25)12-14-32(27,29)4/h21-29H,5-20H2,1-4H3/t21-,22-,23+,24-,25+,26-,27-,28-,29-,31-,32-,33+/m0/s1. The number of amides is 1. The summed E-state index contributed by atoms with van der Waals surface area (Å²) in [5, 5.41) is 0. The van der Waals surface area contributed by atoms with Gasteiger partial charge in [0.1, 0.15) is 6.10 Å². The molecule has 7 rings (SSSR count). The Kier molecular flexibility index (Phi) is 6.43. The fraction of sp³-hybridized carbons (Fsp3) is 0.970. The Labute approximate surface area is 231 Å². The van der Waals surface area contributed by atoms with Crippen molar-refractivity contribution in [2.75, 3.05) is 19.7 Å². The topological polar surface area (TPSA) is 48.0 Å². The minimum atomic E-state index is -0.305. The Balaban J connectivity index is 1.03. The van der Waals surface area contributed by atoms with E-state index in [4.69, 9.17) is 14.2 Å². The van der Waals surface area contributed by atoms with Crippen molar-refractivity contribution in [2.45, 2.75) is 129 Å². The third kappa shape index (κ3) is 3.86. The van der Waals surface area contributed by atoms with Gasteiger partial charge in [0.05, 0.1) is 12.7 Å². The molecule has 4 saturated carbocycles. The molecule has 12 atom stereocenters. The molecule has 38 heavy (non-hydrogen) atoms. The number of ether oxygens (including phenoxy) is 3. The highest BCUT2D eigenvalue weighted by atomic mass is 16.7. The molecule has 0 aromatic heterocycles. The molecule has 3 saturated heterocycles. The largest absolute Gasteiger partial charge is 0.446 e. The van der Waals surface area contributed by atoms with Crippen molar-refractivity contribution in [3.05, 3.63) is 0 Å². The van der Waals surface area contributed by atoms with Crippen LogP contribution < -0.4 is 0 Å². The van der Waals surface area contributed by atoms with Crippen molar-refractivity contribution in [2.24, 2.45) is 52.3 Å². The third-order valence-corrected chi connectivity index (χ3v) is 13.8. The highest BCUT2D eigenvalue weighted by Gasteiger charge is 2.69. The summed E-state index contributed by atoms with van der Waals surface area (Å²) in [5.74, 6) is 4.68. The molecule has 5 heteroatoms. The van der Waals surface area contributed by atoms with Gasteiger partial charge >= 0.3 is 6.09 Å².